The van der Waals surface area contributed by atoms with Crippen LogP contribution >= 0.6 is 0 Å². The summed E-state index contributed by atoms with van der Waals surface area (Å²) in [5.41, 5.74) is 0.584. The fourth-order valence-corrected chi connectivity index (χ4v) is 4.19. The molecule has 0 radical (unpaired) electrons. The normalized spacial score (nSPS) is 16.2. The van der Waals surface area contributed by atoms with E-state index >= 15 is 0 Å². The first kappa shape index (κ1) is 23.1. The third-order valence-corrected chi connectivity index (χ3v) is 5.98. The zero-order valence-electron chi connectivity index (χ0n) is 18.1. The van der Waals surface area contributed by atoms with Gasteiger partial charge in [0.25, 0.3) is 0 Å². The Kier molecular flexibility index (Phi) is 7.96. The summed E-state index contributed by atoms with van der Waals surface area (Å²) < 4.78 is 40.9. The molecule has 0 aromatic heterocycles. The van der Waals surface area contributed by atoms with Crippen molar-refractivity contribution in [3.8, 4) is 0 Å². The molecule has 1 aliphatic rings. The van der Waals surface area contributed by atoms with E-state index in [1.54, 1.807) is 4.90 Å². The number of benzene rings is 2. The van der Waals surface area contributed by atoms with Crippen molar-refractivity contribution in [3.63, 3.8) is 0 Å². The lowest BCUT2D eigenvalue weighted by Gasteiger charge is -2.40. The highest BCUT2D eigenvalue weighted by molar-refractivity contribution is 5.89. The predicted molar refractivity (Wildman–Crippen MR) is 116 cm³/mol. The summed E-state index contributed by atoms with van der Waals surface area (Å²) in [5.74, 6) is -3.50. The van der Waals surface area contributed by atoms with Crippen molar-refractivity contribution in [3.05, 3.63) is 65.5 Å². The Hall–Kier alpha value is -2.54. The number of nitrogens with one attached hydrogen (secondary N) is 1. The Labute approximate surface area is 182 Å². The van der Waals surface area contributed by atoms with E-state index in [1.165, 1.54) is 0 Å². The minimum absolute atomic E-state index is 0.0290. The van der Waals surface area contributed by atoms with E-state index in [0.717, 1.165) is 44.3 Å². The molecule has 2 aromatic carbocycles. The smallest absolute Gasteiger partial charge is 0.317 e. The Morgan fingerprint density at radius 3 is 2.39 bits per heavy atom. The topological polar surface area (TPSA) is 35.6 Å². The van der Waals surface area contributed by atoms with Crippen molar-refractivity contribution in [2.24, 2.45) is 0 Å². The van der Waals surface area contributed by atoms with Crippen LogP contribution in [0.15, 0.2) is 42.5 Å². The van der Waals surface area contributed by atoms with Crippen molar-refractivity contribution in [1.82, 2.24) is 9.80 Å². The monoisotopic (exact) mass is 433 g/mol. The molecule has 1 atom stereocenters. The molecule has 31 heavy (non-hydrogen) atoms. The van der Waals surface area contributed by atoms with Gasteiger partial charge < -0.3 is 15.1 Å². The van der Waals surface area contributed by atoms with Gasteiger partial charge in [-0.25, -0.2) is 18.0 Å². The Morgan fingerprint density at radius 2 is 1.74 bits per heavy atom. The molecule has 1 N–H and O–H groups in total. The van der Waals surface area contributed by atoms with Gasteiger partial charge >= 0.3 is 6.03 Å². The van der Waals surface area contributed by atoms with Crippen LogP contribution in [0.3, 0.4) is 0 Å². The number of urea groups is 1. The highest BCUT2D eigenvalue weighted by Crippen LogP contribution is 2.24. The SMILES string of the molecule is CCCC(C)N1CCC(N(Cc2ccccc2)C(=O)Nc2cc(F)c(F)cc2F)CC1. The number of anilines is 1. The summed E-state index contributed by atoms with van der Waals surface area (Å²) in [4.78, 5) is 17.2. The molecule has 1 heterocycles. The molecule has 3 rings (SSSR count). The third-order valence-electron chi connectivity index (χ3n) is 5.98. The molecule has 1 fully saturated rings. The molecule has 1 aliphatic heterocycles. The number of likely N-dealkylation sites (tertiary alicyclic amines) is 1. The largest absolute Gasteiger partial charge is 0.322 e. The van der Waals surface area contributed by atoms with E-state index in [-0.39, 0.29) is 11.7 Å². The van der Waals surface area contributed by atoms with Crippen LogP contribution in [0.4, 0.5) is 23.7 Å². The molecule has 0 saturated carbocycles. The first-order valence-electron chi connectivity index (χ1n) is 10.9. The summed E-state index contributed by atoms with van der Waals surface area (Å²) in [6.45, 7) is 6.51. The minimum Gasteiger partial charge on any atom is -0.317 e. The number of piperidine rings is 1. The average molecular weight is 434 g/mol. The number of hydrogen-bond acceptors (Lipinski definition) is 2. The van der Waals surface area contributed by atoms with Crippen molar-refractivity contribution >= 4 is 11.7 Å². The van der Waals surface area contributed by atoms with Crippen LogP contribution in [0.2, 0.25) is 0 Å². The molecule has 0 bridgehead atoms. The molecule has 7 heteroatoms. The maximum absolute atomic E-state index is 14.1. The van der Waals surface area contributed by atoms with E-state index in [2.05, 4.69) is 24.1 Å². The lowest BCUT2D eigenvalue weighted by Crippen LogP contribution is -2.50. The first-order chi connectivity index (χ1) is 14.9. The molecule has 2 amide bonds. The second-order valence-corrected chi connectivity index (χ2v) is 8.19. The molecule has 1 saturated heterocycles. The number of halogens is 3. The van der Waals surface area contributed by atoms with Crippen molar-refractivity contribution in [2.45, 2.75) is 58.2 Å². The molecular weight excluding hydrogens is 403 g/mol. The third kappa shape index (κ3) is 6.00. The predicted octanol–water partition coefficient (Wildman–Crippen LogP) is 5.79. The molecular formula is C24H30F3N3O. The van der Waals surface area contributed by atoms with Gasteiger partial charge in [-0.1, -0.05) is 43.7 Å². The van der Waals surface area contributed by atoms with Gasteiger partial charge in [0.15, 0.2) is 11.6 Å². The van der Waals surface area contributed by atoms with Crippen LogP contribution in [0, 0.1) is 17.5 Å². The number of amides is 2. The molecule has 0 aliphatic carbocycles. The van der Waals surface area contributed by atoms with Gasteiger partial charge in [-0.3, -0.25) is 0 Å². The second kappa shape index (κ2) is 10.7. The van der Waals surface area contributed by atoms with Crippen LogP contribution < -0.4 is 5.32 Å². The lowest BCUT2D eigenvalue weighted by atomic mass is 10.00. The van der Waals surface area contributed by atoms with E-state index < -0.39 is 23.5 Å². The Balaban J connectivity index is 1.75. The van der Waals surface area contributed by atoms with Gasteiger partial charge in [0.05, 0.1) is 5.69 Å². The summed E-state index contributed by atoms with van der Waals surface area (Å²) in [7, 11) is 0. The van der Waals surface area contributed by atoms with Gasteiger partial charge in [0.2, 0.25) is 0 Å². The summed E-state index contributed by atoms with van der Waals surface area (Å²) in [6, 6.07) is 10.6. The van der Waals surface area contributed by atoms with Crippen LogP contribution in [0.1, 0.15) is 45.1 Å². The summed E-state index contributed by atoms with van der Waals surface area (Å²) >= 11 is 0. The summed E-state index contributed by atoms with van der Waals surface area (Å²) in [5, 5.41) is 2.44. The van der Waals surface area contributed by atoms with E-state index in [0.29, 0.717) is 24.7 Å². The van der Waals surface area contributed by atoms with Gasteiger partial charge in [0.1, 0.15) is 5.82 Å². The average Bonchev–Trinajstić information content (AvgIpc) is 2.77. The first-order valence-corrected chi connectivity index (χ1v) is 10.9. The van der Waals surface area contributed by atoms with E-state index in [1.807, 2.05) is 30.3 Å². The highest BCUT2D eigenvalue weighted by Gasteiger charge is 2.30. The van der Waals surface area contributed by atoms with Gasteiger partial charge in [-0.15, -0.1) is 0 Å². The standard InChI is InChI=1S/C24H30F3N3O/c1-3-7-17(2)29-12-10-19(11-13-29)30(16-18-8-5-4-6-9-18)24(31)28-23-15-21(26)20(25)14-22(23)27/h4-6,8-9,14-15,17,19H,3,7,10-13,16H2,1-2H3,(H,28,31). The Morgan fingerprint density at radius 1 is 1.10 bits per heavy atom. The number of hydrogen-bond donors (Lipinski definition) is 1. The van der Waals surface area contributed by atoms with E-state index in [4.69, 9.17) is 0 Å². The zero-order valence-corrected chi connectivity index (χ0v) is 18.1. The molecule has 0 spiro atoms. The Bertz CT molecular complexity index is 870. The van der Waals surface area contributed by atoms with Crippen LogP contribution in [0.25, 0.3) is 0 Å². The van der Waals surface area contributed by atoms with Crippen molar-refractivity contribution in [1.29, 1.82) is 0 Å². The minimum atomic E-state index is -1.29. The number of nitrogens with zero attached hydrogens (tertiary/aromatic N) is 2. The molecule has 1 unspecified atom stereocenters. The summed E-state index contributed by atoms with van der Waals surface area (Å²) in [6.07, 6.45) is 3.86. The number of rotatable bonds is 7. The second-order valence-electron chi connectivity index (χ2n) is 8.19. The molecule has 168 valence electrons. The number of carbonyl (C=O) groups excluding carboxylic acids is 1. The van der Waals surface area contributed by atoms with Crippen molar-refractivity contribution < 1.29 is 18.0 Å². The van der Waals surface area contributed by atoms with E-state index in [9.17, 15) is 18.0 Å². The van der Waals surface area contributed by atoms with Gasteiger partial charge in [0, 0.05) is 43.9 Å². The van der Waals surface area contributed by atoms with Crippen LogP contribution in [-0.2, 0) is 6.54 Å². The maximum atomic E-state index is 14.1. The quantitative estimate of drug-likeness (QED) is 0.561. The molecule has 2 aromatic rings. The van der Waals surface area contributed by atoms with Crippen LogP contribution in [-0.4, -0.2) is 41.0 Å². The number of carbonyl (C=O) groups is 1. The van der Waals surface area contributed by atoms with Crippen molar-refractivity contribution in [2.75, 3.05) is 18.4 Å². The fourth-order valence-electron chi connectivity index (χ4n) is 4.19. The van der Waals surface area contributed by atoms with Crippen LogP contribution in [0.5, 0.6) is 0 Å². The molecule has 4 nitrogen and oxygen atoms in total. The fraction of sp³-hybridized carbons (Fsp3) is 0.458. The van der Waals surface area contributed by atoms with Gasteiger partial charge in [-0.05, 0) is 31.7 Å². The van der Waals surface area contributed by atoms with Gasteiger partial charge in [-0.2, -0.15) is 0 Å². The lowest BCUT2D eigenvalue weighted by molar-refractivity contribution is 0.0989. The highest BCUT2D eigenvalue weighted by atomic mass is 19.2. The zero-order chi connectivity index (χ0) is 22.4. The maximum Gasteiger partial charge on any atom is 0.322 e.